The minimum absolute atomic E-state index is 0.00953. The van der Waals surface area contributed by atoms with Crippen LogP contribution < -0.4 is 4.74 Å². The SMILES string of the molecule is COc1ccc(C(C)(O)C2CCCN2Cc2nc(C(C)C)no2)cc1. The minimum atomic E-state index is -0.955. The summed E-state index contributed by atoms with van der Waals surface area (Å²) < 4.78 is 10.6. The molecule has 1 saturated heterocycles. The Morgan fingerprint density at radius 2 is 2.08 bits per heavy atom. The van der Waals surface area contributed by atoms with Crippen LogP contribution in [-0.4, -0.2) is 39.8 Å². The summed E-state index contributed by atoms with van der Waals surface area (Å²) in [4.78, 5) is 6.71. The van der Waals surface area contributed by atoms with Gasteiger partial charge in [-0.3, -0.25) is 4.90 Å². The fourth-order valence-corrected chi connectivity index (χ4v) is 3.51. The van der Waals surface area contributed by atoms with Gasteiger partial charge in [0.1, 0.15) is 11.4 Å². The second kappa shape index (κ2) is 7.14. The van der Waals surface area contributed by atoms with Crippen LogP contribution in [0.4, 0.5) is 0 Å². The van der Waals surface area contributed by atoms with Crippen LogP contribution >= 0.6 is 0 Å². The third-order valence-corrected chi connectivity index (χ3v) is 5.03. The molecule has 2 aromatic rings. The predicted octanol–water partition coefficient (Wildman–Crippen LogP) is 3.07. The van der Waals surface area contributed by atoms with Gasteiger partial charge in [0.05, 0.1) is 13.7 Å². The summed E-state index contributed by atoms with van der Waals surface area (Å²) in [5, 5.41) is 15.3. The first kappa shape index (κ1) is 17.9. The first-order valence-corrected chi connectivity index (χ1v) is 8.85. The Balaban J connectivity index is 1.76. The molecule has 6 heteroatoms. The van der Waals surface area contributed by atoms with E-state index < -0.39 is 5.60 Å². The second-order valence-corrected chi connectivity index (χ2v) is 7.21. The summed E-state index contributed by atoms with van der Waals surface area (Å²) in [5.74, 6) is 2.37. The Morgan fingerprint density at radius 3 is 2.68 bits per heavy atom. The van der Waals surface area contributed by atoms with Crippen molar-refractivity contribution >= 4 is 0 Å². The second-order valence-electron chi connectivity index (χ2n) is 7.21. The van der Waals surface area contributed by atoms with Crippen molar-refractivity contribution in [3.05, 3.63) is 41.5 Å². The maximum absolute atomic E-state index is 11.2. The molecule has 3 rings (SSSR count). The molecular formula is C19H27N3O3. The summed E-state index contributed by atoms with van der Waals surface area (Å²) in [6, 6.07) is 7.64. The zero-order valence-corrected chi connectivity index (χ0v) is 15.4. The lowest BCUT2D eigenvalue weighted by Gasteiger charge is -2.36. The van der Waals surface area contributed by atoms with E-state index in [0.717, 1.165) is 36.5 Å². The van der Waals surface area contributed by atoms with Crippen molar-refractivity contribution in [2.24, 2.45) is 0 Å². The third-order valence-electron chi connectivity index (χ3n) is 5.03. The maximum atomic E-state index is 11.2. The molecule has 1 fully saturated rings. The van der Waals surface area contributed by atoms with Crippen molar-refractivity contribution in [1.29, 1.82) is 0 Å². The maximum Gasteiger partial charge on any atom is 0.240 e. The highest BCUT2D eigenvalue weighted by Gasteiger charge is 2.41. The summed E-state index contributed by atoms with van der Waals surface area (Å²) in [5.41, 5.74) is -0.0671. The highest BCUT2D eigenvalue weighted by molar-refractivity contribution is 5.31. The third kappa shape index (κ3) is 3.70. The van der Waals surface area contributed by atoms with Crippen molar-refractivity contribution < 1.29 is 14.4 Å². The van der Waals surface area contributed by atoms with Gasteiger partial charge in [0, 0.05) is 12.0 Å². The van der Waals surface area contributed by atoms with Crippen molar-refractivity contribution in [2.75, 3.05) is 13.7 Å². The van der Waals surface area contributed by atoms with Crippen LogP contribution in [0.1, 0.15) is 56.8 Å². The zero-order chi connectivity index (χ0) is 18.0. The molecule has 2 heterocycles. The van der Waals surface area contributed by atoms with Crippen LogP contribution in [0.3, 0.4) is 0 Å². The van der Waals surface area contributed by atoms with E-state index in [2.05, 4.69) is 15.0 Å². The van der Waals surface area contributed by atoms with Crippen LogP contribution in [0.5, 0.6) is 5.75 Å². The molecule has 1 N–H and O–H groups in total. The number of aliphatic hydroxyl groups is 1. The van der Waals surface area contributed by atoms with Gasteiger partial charge in [0.15, 0.2) is 5.82 Å². The van der Waals surface area contributed by atoms with E-state index in [4.69, 9.17) is 9.26 Å². The van der Waals surface area contributed by atoms with Crippen molar-refractivity contribution in [3.8, 4) is 5.75 Å². The lowest BCUT2D eigenvalue weighted by Crippen LogP contribution is -2.45. The van der Waals surface area contributed by atoms with Crippen molar-refractivity contribution in [1.82, 2.24) is 15.0 Å². The highest BCUT2D eigenvalue weighted by atomic mass is 16.5. The quantitative estimate of drug-likeness (QED) is 0.867. The molecule has 0 aliphatic carbocycles. The number of benzene rings is 1. The molecule has 6 nitrogen and oxygen atoms in total. The molecule has 0 saturated carbocycles. The summed E-state index contributed by atoms with van der Waals surface area (Å²) >= 11 is 0. The molecule has 25 heavy (non-hydrogen) atoms. The van der Waals surface area contributed by atoms with Crippen molar-refractivity contribution in [2.45, 2.75) is 57.7 Å². The molecule has 0 amide bonds. The highest BCUT2D eigenvalue weighted by Crippen LogP contribution is 2.36. The Kier molecular flexibility index (Phi) is 5.11. The molecule has 1 aromatic heterocycles. The largest absolute Gasteiger partial charge is 0.497 e. The van der Waals surface area contributed by atoms with Gasteiger partial charge in [-0.2, -0.15) is 4.98 Å². The Hall–Kier alpha value is -1.92. The van der Waals surface area contributed by atoms with E-state index in [1.165, 1.54) is 0 Å². The fourth-order valence-electron chi connectivity index (χ4n) is 3.51. The molecular weight excluding hydrogens is 318 g/mol. The number of nitrogens with zero attached hydrogens (tertiary/aromatic N) is 3. The molecule has 1 aliphatic rings. The van der Waals surface area contributed by atoms with Gasteiger partial charge >= 0.3 is 0 Å². The van der Waals surface area contributed by atoms with E-state index >= 15 is 0 Å². The zero-order valence-electron chi connectivity index (χ0n) is 15.4. The molecule has 1 aliphatic heterocycles. The number of hydrogen-bond donors (Lipinski definition) is 1. The predicted molar refractivity (Wildman–Crippen MR) is 94.4 cm³/mol. The van der Waals surface area contributed by atoms with Crippen LogP contribution in [0.2, 0.25) is 0 Å². The van der Waals surface area contributed by atoms with Gasteiger partial charge in [-0.05, 0) is 44.0 Å². The molecule has 0 radical (unpaired) electrons. The van der Waals surface area contributed by atoms with E-state index in [9.17, 15) is 5.11 Å². The van der Waals surface area contributed by atoms with E-state index in [0.29, 0.717) is 12.4 Å². The topological polar surface area (TPSA) is 71.6 Å². The summed E-state index contributed by atoms with van der Waals surface area (Å²) in [6.07, 6.45) is 1.98. The van der Waals surface area contributed by atoms with Crippen LogP contribution in [0.25, 0.3) is 0 Å². The van der Waals surface area contributed by atoms with Gasteiger partial charge in [-0.25, -0.2) is 0 Å². The molecule has 2 atom stereocenters. The van der Waals surface area contributed by atoms with Crippen molar-refractivity contribution in [3.63, 3.8) is 0 Å². The summed E-state index contributed by atoms with van der Waals surface area (Å²) in [7, 11) is 1.64. The lowest BCUT2D eigenvalue weighted by atomic mass is 9.86. The van der Waals surface area contributed by atoms with Crippen LogP contribution in [0, 0.1) is 0 Å². The fraction of sp³-hybridized carbons (Fsp3) is 0.579. The molecule has 2 unspecified atom stereocenters. The van der Waals surface area contributed by atoms with Gasteiger partial charge < -0.3 is 14.4 Å². The summed E-state index contributed by atoms with van der Waals surface area (Å²) in [6.45, 7) is 7.45. The lowest BCUT2D eigenvalue weighted by molar-refractivity contribution is -0.0278. The standard InChI is InChI=1S/C19H27N3O3/c1-13(2)18-20-17(25-21-18)12-22-11-5-6-16(22)19(3,23)14-7-9-15(24-4)10-8-14/h7-10,13,16,23H,5-6,11-12H2,1-4H3. The Morgan fingerprint density at radius 1 is 1.36 bits per heavy atom. The van der Waals surface area contributed by atoms with Gasteiger partial charge in [-0.1, -0.05) is 31.1 Å². The van der Waals surface area contributed by atoms with Gasteiger partial charge in [0.2, 0.25) is 5.89 Å². The van der Waals surface area contributed by atoms with E-state index in [1.54, 1.807) is 7.11 Å². The number of rotatable bonds is 6. The average molecular weight is 345 g/mol. The number of likely N-dealkylation sites (tertiary alicyclic amines) is 1. The monoisotopic (exact) mass is 345 g/mol. The first-order chi connectivity index (χ1) is 11.9. The molecule has 0 bridgehead atoms. The number of hydrogen-bond acceptors (Lipinski definition) is 6. The normalized spacial score (nSPS) is 20.8. The number of aromatic nitrogens is 2. The molecule has 0 spiro atoms. The molecule has 1 aromatic carbocycles. The minimum Gasteiger partial charge on any atom is -0.497 e. The van der Waals surface area contributed by atoms with Gasteiger partial charge in [0.25, 0.3) is 0 Å². The average Bonchev–Trinajstić information content (AvgIpc) is 3.25. The Bertz CT molecular complexity index is 694. The van der Waals surface area contributed by atoms with Crippen LogP contribution in [-0.2, 0) is 12.1 Å². The first-order valence-electron chi connectivity index (χ1n) is 8.85. The Labute approximate surface area is 148 Å². The molecule has 136 valence electrons. The number of methoxy groups -OCH3 is 1. The smallest absolute Gasteiger partial charge is 0.240 e. The number of ether oxygens (including phenoxy) is 1. The van der Waals surface area contributed by atoms with E-state index in [-0.39, 0.29) is 12.0 Å². The van der Waals surface area contributed by atoms with E-state index in [1.807, 2.05) is 45.0 Å². The van der Waals surface area contributed by atoms with Gasteiger partial charge in [-0.15, -0.1) is 0 Å². The van der Waals surface area contributed by atoms with Crippen LogP contribution in [0.15, 0.2) is 28.8 Å².